The van der Waals surface area contributed by atoms with Crippen molar-refractivity contribution in [3.05, 3.63) is 35.4 Å². The highest BCUT2D eigenvalue weighted by molar-refractivity contribution is 5.32. The van der Waals surface area contributed by atoms with Crippen molar-refractivity contribution in [1.29, 1.82) is 0 Å². The number of hydrogen-bond acceptors (Lipinski definition) is 1. The molecule has 0 amide bonds. The van der Waals surface area contributed by atoms with E-state index in [1.807, 2.05) is 24.3 Å². The van der Waals surface area contributed by atoms with E-state index in [4.69, 9.17) is 4.74 Å². The number of fused-ring (bicyclic) bond motifs is 2. The van der Waals surface area contributed by atoms with Gasteiger partial charge in [-0.05, 0) is 85.7 Å². The molecule has 0 aliphatic heterocycles. The second-order valence-corrected chi connectivity index (χ2v) is 10.2. The summed E-state index contributed by atoms with van der Waals surface area (Å²) >= 11 is 0. The molecule has 0 radical (unpaired) electrons. The fourth-order valence-electron chi connectivity index (χ4n) is 6.88. The first-order chi connectivity index (χ1) is 14.4. The van der Waals surface area contributed by atoms with Gasteiger partial charge in [-0.3, -0.25) is 4.74 Å². The van der Waals surface area contributed by atoms with E-state index < -0.39 is 12.5 Å². The van der Waals surface area contributed by atoms with Crippen LogP contribution < -0.4 is 0 Å². The third-order valence-corrected chi connectivity index (χ3v) is 8.34. The fourth-order valence-corrected chi connectivity index (χ4v) is 6.88. The van der Waals surface area contributed by atoms with Gasteiger partial charge in [0, 0.05) is 0 Å². The molecule has 1 nitrogen and oxygen atoms in total. The molecule has 1 aromatic carbocycles. The molecule has 6 unspecified atom stereocenters. The van der Waals surface area contributed by atoms with E-state index >= 15 is 0 Å². The van der Waals surface area contributed by atoms with Gasteiger partial charge in [0.15, 0.2) is 0 Å². The molecule has 2 saturated carbocycles. The van der Waals surface area contributed by atoms with Crippen LogP contribution in [0.25, 0.3) is 0 Å². The number of alkyl halides is 3. The molecule has 3 aliphatic carbocycles. The summed E-state index contributed by atoms with van der Waals surface area (Å²) in [5.41, 5.74) is 1.80. The summed E-state index contributed by atoms with van der Waals surface area (Å²) in [4.78, 5) is 0. The smallest absolute Gasteiger partial charge is 0.283 e. The third kappa shape index (κ3) is 5.23. The standard InChI is InChI=1S/C26H37F3O/c1-2-3-4-7-18-10-11-21-17-22(13-12-20(21)16-18)24-15-14-19-8-5-6-9-23(19)25(24)30-26(27,28)29/h5-6,8-9,18,20-22,24-25H,2-4,7,10-17H2,1H3. The van der Waals surface area contributed by atoms with Crippen molar-refractivity contribution in [2.75, 3.05) is 0 Å². The van der Waals surface area contributed by atoms with Gasteiger partial charge in [0.05, 0.1) is 6.10 Å². The second kappa shape index (κ2) is 9.63. The molecule has 0 saturated heterocycles. The Morgan fingerprint density at radius 2 is 1.63 bits per heavy atom. The van der Waals surface area contributed by atoms with Gasteiger partial charge in [0.2, 0.25) is 0 Å². The molecule has 168 valence electrons. The molecule has 3 aliphatic rings. The highest BCUT2D eigenvalue weighted by Crippen LogP contribution is 2.52. The van der Waals surface area contributed by atoms with E-state index in [0.717, 1.165) is 54.6 Å². The summed E-state index contributed by atoms with van der Waals surface area (Å²) in [6.07, 6.45) is 9.01. The molecule has 2 fully saturated rings. The summed E-state index contributed by atoms with van der Waals surface area (Å²) in [6.45, 7) is 2.26. The molecule has 6 atom stereocenters. The van der Waals surface area contributed by atoms with Crippen LogP contribution in [0, 0.1) is 29.6 Å². The largest absolute Gasteiger partial charge is 0.523 e. The van der Waals surface area contributed by atoms with Crippen LogP contribution in [0.2, 0.25) is 0 Å². The van der Waals surface area contributed by atoms with Crippen LogP contribution in [0.1, 0.15) is 94.8 Å². The molecule has 1 aromatic rings. The van der Waals surface area contributed by atoms with Crippen LogP contribution in [-0.2, 0) is 11.2 Å². The quantitative estimate of drug-likeness (QED) is 0.419. The van der Waals surface area contributed by atoms with E-state index in [0.29, 0.717) is 5.92 Å². The summed E-state index contributed by atoms with van der Waals surface area (Å²) < 4.78 is 44.7. The lowest BCUT2D eigenvalue weighted by atomic mass is 9.60. The Labute approximate surface area is 179 Å². The van der Waals surface area contributed by atoms with Gasteiger partial charge < -0.3 is 0 Å². The molecular formula is C26H37F3O. The highest BCUT2D eigenvalue weighted by atomic mass is 19.4. The second-order valence-electron chi connectivity index (χ2n) is 10.2. The maximum atomic E-state index is 13.3. The lowest BCUT2D eigenvalue weighted by molar-refractivity contribution is -0.354. The Kier molecular flexibility index (Phi) is 7.12. The summed E-state index contributed by atoms with van der Waals surface area (Å²) in [7, 11) is 0. The average molecular weight is 423 g/mol. The SMILES string of the molecule is CCCCCC1CCC2CC(C3CCc4ccccc4C3OC(F)(F)F)CCC2C1. The first kappa shape index (κ1) is 22.2. The molecular weight excluding hydrogens is 385 g/mol. The zero-order valence-electron chi connectivity index (χ0n) is 18.3. The Balaban J connectivity index is 1.42. The minimum Gasteiger partial charge on any atom is -0.283 e. The molecule has 0 heterocycles. The van der Waals surface area contributed by atoms with E-state index in [2.05, 4.69) is 6.92 Å². The number of aryl methyl sites for hydroxylation is 1. The number of ether oxygens (including phenoxy) is 1. The van der Waals surface area contributed by atoms with E-state index in [9.17, 15) is 13.2 Å². The predicted octanol–water partition coefficient (Wildman–Crippen LogP) is 8.24. The Morgan fingerprint density at radius 3 is 2.43 bits per heavy atom. The van der Waals surface area contributed by atoms with Gasteiger partial charge in [0.1, 0.15) is 0 Å². The average Bonchev–Trinajstić information content (AvgIpc) is 2.73. The van der Waals surface area contributed by atoms with Crippen LogP contribution in [0.15, 0.2) is 24.3 Å². The number of unbranched alkanes of at least 4 members (excludes halogenated alkanes) is 2. The van der Waals surface area contributed by atoms with Crippen molar-refractivity contribution < 1.29 is 17.9 Å². The van der Waals surface area contributed by atoms with E-state index in [1.54, 1.807) is 0 Å². The lowest BCUT2D eigenvalue weighted by Crippen LogP contribution is -2.38. The van der Waals surface area contributed by atoms with Crippen molar-refractivity contribution in [3.63, 3.8) is 0 Å². The van der Waals surface area contributed by atoms with Crippen molar-refractivity contribution in [2.24, 2.45) is 29.6 Å². The van der Waals surface area contributed by atoms with Crippen molar-refractivity contribution in [1.82, 2.24) is 0 Å². The van der Waals surface area contributed by atoms with Gasteiger partial charge in [-0.2, -0.15) is 0 Å². The van der Waals surface area contributed by atoms with Gasteiger partial charge >= 0.3 is 6.36 Å². The molecule has 4 heteroatoms. The zero-order valence-corrected chi connectivity index (χ0v) is 18.3. The van der Waals surface area contributed by atoms with Crippen molar-refractivity contribution >= 4 is 0 Å². The van der Waals surface area contributed by atoms with Crippen LogP contribution in [0.3, 0.4) is 0 Å². The molecule has 0 bridgehead atoms. The first-order valence-electron chi connectivity index (χ1n) is 12.3. The normalized spacial score (nSPS) is 34.3. The topological polar surface area (TPSA) is 9.23 Å². The summed E-state index contributed by atoms with van der Waals surface area (Å²) in [6, 6.07) is 7.60. The molecule has 30 heavy (non-hydrogen) atoms. The number of hydrogen-bond donors (Lipinski definition) is 0. The molecule has 0 N–H and O–H groups in total. The maximum Gasteiger partial charge on any atom is 0.523 e. The monoisotopic (exact) mass is 422 g/mol. The Bertz CT molecular complexity index is 685. The number of rotatable bonds is 6. The Morgan fingerprint density at radius 1 is 0.900 bits per heavy atom. The van der Waals surface area contributed by atoms with Crippen LogP contribution in [-0.4, -0.2) is 6.36 Å². The highest BCUT2D eigenvalue weighted by Gasteiger charge is 2.45. The van der Waals surface area contributed by atoms with Crippen LogP contribution in [0.4, 0.5) is 13.2 Å². The molecule has 0 spiro atoms. The van der Waals surface area contributed by atoms with E-state index in [-0.39, 0.29) is 5.92 Å². The zero-order chi connectivity index (χ0) is 21.1. The predicted molar refractivity (Wildman–Crippen MR) is 114 cm³/mol. The molecule has 4 rings (SSSR count). The number of halogens is 3. The summed E-state index contributed by atoms with van der Waals surface area (Å²) in [5, 5.41) is 0. The number of benzene rings is 1. The lowest BCUT2D eigenvalue weighted by Gasteiger charge is -2.46. The molecule has 0 aromatic heterocycles. The maximum absolute atomic E-state index is 13.3. The first-order valence-corrected chi connectivity index (χ1v) is 12.3. The van der Waals surface area contributed by atoms with Crippen molar-refractivity contribution in [3.8, 4) is 0 Å². The van der Waals surface area contributed by atoms with Crippen molar-refractivity contribution in [2.45, 2.75) is 96.4 Å². The van der Waals surface area contributed by atoms with Crippen LogP contribution in [0.5, 0.6) is 0 Å². The minimum absolute atomic E-state index is 0.00949. The minimum atomic E-state index is -4.58. The third-order valence-electron chi connectivity index (χ3n) is 8.34. The Hall–Kier alpha value is -1.03. The fraction of sp³-hybridized carbons (Fsp3) is 0.769. The van der Waals surface area contributed by atoms with Gasteiger partial charge in [-0.25, -0.2) is 0 Å². The van der Waals surface area contributed by atoms with Gasteiger partial charge in [-0.1, -0.05) is 63.3 Å². The van der Waals surface area contributed by atoms with E-state index in [1.165, 1.54) is 51.4 Å². The van der Waals surface area contributed by atoms with Crippen LogP contribution >= 0.6 is 0 Å². The van der Waals surface area contributed by atoms with Gasteiger partial charge in [-0.15, -0.1) is 13.2 Å². The summed E-state index contributed by atoms with van der Waals surface area (Å²) in [5.74, 6) is 2.76. The van der Waals surface area contributed by atoms with Gasteiger partial charge in [0.25, 0.3) is 0 Å².